The number of carbonyl (C=O) groups excluding carboxylic acids is 7. The van der Waals surface area contributed by atoms with Gasteiger partial charge in [-0.3, -0.25) is 43.7 Å². The Morgan fingerprint density at radius 3 is 1.72 bits per heavy atom. The maximum atomic E-state index is 13.6. The molecule has 0 aliphatic heterocycles. The molecule has 0 radical (unpaired) electrons. The number of nitro groups is 1. The first-order valence-electron chi connectivity index (χ1n) is 21.0. The monoisotopic (exact) mass is 931 g/mol. The van der Waals surface area contributed by atoms with E-state index >= 15 is 0 Å². The molecule has 0 aromatic heterocycles. The molecule has 3 unspecified atom stereocenters. The topological polar surface area (TPSA) is 297 Å². The Morgan fingerprint density at radius 1 is 0.676 bits per heavy atom. The zero-order valence-corrected chi connectivity index (χ0v) is 37.7. The van der Waals surface area contributed by atoms with Crippen LogP contribution in [0.2, 0.25) is 0 Å². The van der Waals surface area contributed by atoms with E-state index in [-0.39, 0.29) is 74.1 Å². The third-order valence-corrected chi connectivity index (χ3v) is 10.1. The molecule has 3 atom stereocenters. The number of phenolic OH excluding ortho intramolecular Hbond substituents is 1. The molecule has 0 aliphatic carbocycles. The highest BCUT2D eigenvalue weighted by molar-refractivity contribution is 6.11. The molecule has 68 heavy (non-hydrogen) atoms. The molecule has 8 N–H and O–H groups in total. The van der Waals surface area contributed by atoms with Crippen molar-refractivity contribution in [1.29, 1.82) is 0 Å². The lowest BCUT2D eigenvalue weighted by molar-refractivity contribution is -0.384. The fourth-order valence-electron chi connectivity index (χ4n) is 6.32. The van der Waals surface area contributed by atoms with Crippen molar-refractivity contribution in [3.63, 3.8) is 0 Å². The van der Waals surface area contributed by atoms with Crippen LogP contribution in [0.4, 0.5) is 28.4 Å². The number of primary amides is 1. The minimum absolute atomic E-state index is 0.0255. The zero-order chi connectivity index (χ0) is 49.8. The molecule has 0 saturated carbocycles. The largest absolute Gasteiger partial charge is 0.504 e. The normalized spacial score (nSPS) is 12.1. The van der Waals surface area contributed by atoms with Crippen molar-refractivity contribution < 1.29 is 57.8 Å². The molecule has 0 spiro atoms. The second-order valence-corrected chi connectivity index (χ2v) is 15.4. The highest BCUT2D eigenvalue weighted by Crippen LogP contribution is 2.40. The molecule has 6 amide bonds. The highest BCUT2D eigenvalue weighted by Gasteiger charge is 2.35. The van der Waals surface area contributed by atoms with E-state index in [1.54, 1.807) is 13.8 Å². The van der Waals surface area contributed by atoms with Crippen molar-refractivity contribution in [3.8, 4) is 17.2 Å². The molecule has 354 valence electrons. The average molecular weight is 932 g/mol. The fraction of sp³-hybridized carbons (Fsp3) is 0.229. The third kappa shape index (κ3) is 12.8. The van der Waals surface area contributed by atoms with Gasteiger partial charge in [0.15, 0.2) is 23.4 Å². The maximum Gasteiger partial charge on any atom is 0.269 e. The SMILES string of the molecule is CCC(C)Oc1cc(C(C)=O)ccc1NC(=O)c1ccc(NC(=O)c2ccc(NC(=O)C(NC(=O)c3ccc(NC(=O)c4ccc([N+](=O)[O-])cc4)cc3)C(OC)C(N)=O)cc2)c(OC(C)C)c1O. The molecule has 20 nitrogen and oxygen atoms in total. The number of hydrogen-bond acceptors (Lipinski definition) is 13. The molecule has 5 rings (SSSR count). The molecule has 0 fully saturated rings. The van der Waals surface area contributed by atoms with Gasteiger partial charge in [-0.15, -0.1) is 0 Å². The van der Waals surface area contributed by atoms with Gasteiger partial charge in [0.05, 0.1) is 34.1 Å². The van der Waals surface area contributed by atoms with E-state index in [0.717, 1.165) is 7.11 Å². The first-order valence-corrected chi connectivity index (χ1v) is 21.0. The van der Waals surface area contributed by atoms with Crippen LogP contribution in [-0.4, -0.2) is 82.7 Å². The summed E-state index contributed by atoms with van der Waals surface area (Å²) in [5.74, 6) is -5.43. The molecule has 5 aromatic rings. The average Bonchev–Trinajstić information content (AvgIpc) is 3.30. The Kier molecular flexibility index (Phi) is 16.7. The van der Waals surface area contributed by atoms with Crippen LogP contribution < -0.4 is 41.8 Å². The number of carbonyl (C=O) groups is 7. The lowest BCUT2D eigenvalue weighted by Gasteiger charge is -2.24. The van der Waals surface area contributed by atoms with Crippen LogP contribution >= 0.6 is 0 Å². The van der Waals surface area contributed by atoms with E-state index in [1.807, 2.05) is 13.8 Å². The van der Waals surface area contributed by atoms with E-state index < -0.39 is 64.4 Å². The second kappa shape index (κ2) is 22.5. The number of hydrogen-bond donors (Lipinski definition) is 7. The summed E-state index contributed by atoms with van der Waals surface area (Å²) in [7, 11) is 1.12. The summed E-state index contributed by atoms with van der Waals surface area (Å²) in [4.78, 5) is 101. The minimum Gasteiger partial charge on any atom is -0.504 e. The smallest absolute Gasteiger partial charge is 0.269 e. The van der Waals surface area contributed by atoms with E-state index in [2.05, 4.69) is 26.6 Å². The number of nitrogens with one attached hydrogen (secondary N) is 5. The standard InChI is InChI=1S/C48H49N7O13/c1-7-26(4)68-38-24-31(27(5)56)14-22-36(38)52-47(62)35-21-23-37(41(40(35)57)67-25(2)3)53-45(60)28-8-17-33(18-9-28)51-48(63)39(42(66-6)43(49)58)54-46(61)29-10-15-32(16-11-29)50-44(59)30-12-19-34(20-13-30)55(64)65/h8-26,39,42,57H,7H2,1-6H3,(H2,49,58)(H,50,59)(H,51,63)(H,52,62)(H,53,60)(H,54,61). The van der Waals surface area contributed by atoms with Crippen LogP contribution in [0.3, 0.4) is 0 Å². The number of amides is 6. The summed E-state index contributed by atoms with van der Waals surface area (Å²) >= 11 is 0. The Bertz CT molecular complexity index is 2720. The van der Waals surface area contributed by atoms with Crippen molar-refractivity contribution in [1.82, 2.24) is 5.32 Å². The van der Waals surface area contributed by atoms with Gasteiger partial charge in [0, 0.05) is 52.9 Å². The van der Waals surface area contributed by atoms with Gasteiger partial charge in [-0.25, -0.2) is 0 Å². The molecule has 5 aromatic carbocycles. The lowest BCUT2D eigenvalue weighted by Crippen LogP contribution is -2.56. The Hall–Kier alpha value is -8.65. The number of methoxy groups -OCH3 is 1. The van der Waals surface area contributed by atoms with E-state index in [4.69, 9.17) is 19.9 Å². The van der Waals surface area contributed by atoms with E-state index in [9.17, 15) is 48.8 Å². The van der Waals surface area contributed by atoms with Crippen molar-refractivity contribution in [3.05, 3.63) is 141 Å². The Balaban J connectivity index is 1.27. The predicted molar refractivity (Wildman–Crippen MR) is 250 cm³/mol. The van der Waals surface area contributed by atoms with E-state index in [1.165, 1.54) is 110 Å². The summed E-state index contributed by atoms with van der Waals surface area (Å²) in [6.45, 7) is 8.53. The van der Waals surface area contributed by atoms with Gasteiger partial charge in [0.1, 0.15) is 11.8 Å². The maximum absolute atomic E-state index is 13.6. The zero-order valence-electron chi connectivity index (χ0n) is 37.7. The number of anilines is 4. The summed E-state index contributed by atoms with van der Waals surface area (Å²) in [5.41, 5.74) is 6.49. The molecular formula is C48H49N7O13. The van der Waals surface area contributed by atoms with Gasteiger partial charge in [-0.1, -0.05) is 6.92 Å². The second-order valence-electron chi connectivity index (χ2n) is 15.4. The van der Waals surface area contributed by atoms with Crippen LogP contribution in [-0.2, 0) is 14.3 Å². The molecule has 0 heterocycles. The number of nitro benzene ring substituents is 1. The Labute approximate surface area is 389 Å². The van der Waals surface area contributed by atoms with Crippen molar-refractivity contribution in [2.75, 3.05) is 28.4 Å². The number of rotatable bonds is 20. The number of nitrogens with two attached hydrogens (primary N) is 1. The lowest BCUT2D eigenvalue weighted by atomic mass is 10.1. The summed E-state index contributed by atoms with van der Waals surface area (Å²) < 4.78 is 17.0. The Morgan fingerprint density at radius 2 is 1.19 bits per heavy atom. The molecule has 0 bridgehead atoms. The van der Waals surface area contributed by atoms with Crippen molar-refractivity contribution >= 4 is 69.7 Å². The van der Waals surface area contributed by atoms with Crippen molar-refractivity contribution in [2.45, 2.75) is 65.4 Å². The molecule has 0 aliphatic rings. The van der Waals surface area contributed by atoms with Gasteiger partial charge in [0.25, 0.3) is 29.3 Å². The molecule has 0 saturated heterocycles. The number of Topliss-reactive ketones (excluding diaryl/α,β-unsaturated/α-hetero) is 1. The first kappa shape index (κ1) is 50.4. The first-order chi connectivity index (χ1) is 32.3. The number of benzene rings is 5. The van der Waals surface area contributed by atoms with Crippen LogP contribution in [0.25, 0.3) is 0 Å². The quantitative estimate of drug-likeness (QED) is 0.0251. The fourth-order valence-corrected chi connectivity index (χ4v) is 6.32. The summed E-state index contributed by atoms with van der Waals surface area (Å²) in [5, 5.41) is 35.3. The minimum atomic E-state index is -1.65. The summed E-state index contributed by atoms with van der Waals surface area (Å²) in [6, 6.07) is 21.5. The molecular weight excluding hydrogens is 883 g/mol. The van der Waals surface area contributed by atoms with Gasteiger partial charge in [-0.2, -0.15) is 0 Å². The molecule has 20 heteroatoms. The van der Waals surface area contributed by atoms with Crippen LogP contribution in [0.5, 0.6) is 17.2 Å². The van der Waals surface area contributed by atoms with Gasteiger partial charge in [0.2, 0.25) is 11.8 Å². The van der Waals surface area contributed by atoms with Crippen LogP contribution in [0.15, 0.2) is 103 Å². The highest BCUT2D eigenvalue weighted by atomic mass is 16.6. The summed E-state index contributed by atoms with van der Waals surface area (Å²) in [6.07, 6.45) is -1.72. The third-order valence-electron chi connectivity index (χ3n) is 10.1. The van der Waals surface area contributed by atoms with E-state index in [0.29, 0.717) is 12.0 Å². The number of aromatic hydroxyl groups is 1. The predicted octanol–water partition coefficient (Wildman–Crippen LogP) is 6.46. The van der Waals surface area contributed by atoms with Crippen LogP contribution in [0, 0.1) is 10.1 Å². The van der Waals surface area contributed by atoms with Gasteiger partial charge in [-0.05, 0) is 125 Å². The van der Waals surface area contributed by atoms with Crippen molar-refractivity contribution in [2.24, 2.45) is 5.73 Å². The van der Waals surface area contributed by atoms with Gasteiger partial charge >= 0.3 is 0 Å². The number of nitrogens with zero attached hydrogens (tertiary/aromatic N) is 1. The number of ether oxygens (including phenoxy) is 3. The van der Waals surface area contributed by atoms with Crippen LogP contribution in [0.1, 0.15) is 92.8 Å². The number of phenols is 1. The number of ketones is 1. The van der Waals surface area contributed by atoms with Gasteiger partial charge < -0.3 is 51.6 Å². The number of non-ortho nitro benzene ring substituents is 1.